The molecule has 0 fully saturated rings. The van der Waals surface area contributed by atoms with E-state index in [0.29, 0.717) is 39.0 Å². The summed E-state index contributed by atoms with van der Waals surface area (Å²) in [5, 5.41) is 1.57. The second kappa shape index (κ2) is 6.96. The van der Waals surface area contributed by atoms with Crippen molar-refractivity contribution in [1.29, 1.82) is 0 Å². The summed E-state index contributed by atoms with van der Waals surface area (Å²) in [6.45, 7) is 0.186. The van der Waals surface area contributed by atoms with Gasteiger partial charge in [0, 0.05) is 28.3 Å². The van der Waals surface area contributed by atoms with Gasteiger partial charge in [-0.15, -0.1) is 0 Å². The van der Waals surface area contributed by atoms with Crippen LogP contribution in [0, 0.1) is 0 Å². The van der Waals surface area contributed by atoms with E-state index in [4.69, 9.17) is 16.3 Å². The number of hydrogen-bond donors (Lipinski definition) is 1. The maximum absolute atomic E-state index is 12.5. The first-order valence-electron chi connectivity index (χ1n) is 7.78. The molecule has 1 heterocycles. The molecule has 7 heteroatoms. The van der Waals surface area contributed by atoms with Crippen LogP contribution in [0.15, 0.2) is 41.2 Å². The topological polar surface area (TPSA) is 42.1 Å². The molecule has 2 aromatic carbocycles. The number of fused-ring (bicyclic) bond motifs is 2. The quantitative estimate of drug-likeness (QED) is 0.480. The number of alkyl halides is 3. The zero-order chi connectivity index (χ0) is 18.0. The number of hydrogen-bond acceptors (Lipinski definition) is 2. The Bertz CT molecular complexity index is 966. The summed E-state index contributed by atoms with van der Waals surface area (Å²) in [4.78, 5) is 15.6. The molecule has 0 spiro atoms. The van der Waals surface area contributed by atoms with Crippen molar-refractivity contribution in [1.82, 2.24) is 4.98 Å². The van der Waals surface area contributed by atoms with Gasteiger partial charge in [-0.1, -0.05) is 11.6 Å². The van der Waals surface area contributed by atoms with Gasteiger partial charge in [0.15, 0.2) is 5.43 Å². The lowest BCUT2D eigenvalue weighted by Gasteiger charge is -2.09. The highest BCUT2D eigenvalue weighted by Crippen LogP contribution is 2.24. The summed E-state index contributed by atoms with van der Waals surface area (Å²) >= 11 is 5.96. The third-order valence-electron chi connectivity index (χ3n) is 3.85. The second-order valence-electron chi connectivity index (χ2n) is 5.77. The van der Waals surface area contributed by atoms with E-state index in [2.05, 4.69) is 4.98 Å². The van der Waals surface area contributed by atoms with Crippen molar-refractivity contribution in [3.05, 3.63) is 51.6 Å². The Morgan fingerprint density at radius 2 is 1.68 bits per heavy atom. The number of aromatic nitrogens is 1. The Morgan fingerprint density at radius 1 is 1.00 bits per heavy atom. The van der Waals surface area contributed by atoms with Crippen LogP contribution < -0.4 is 10.2 Å². The lowest BCUT2D eigenvalue weighted by atomic mass is 10.1. The summed E-state index contributed by atoms with van der Waals surface area (Å²) in [5.74, 6) is 0.497. The zero-order valence-corrected chi connectivity index (χ0v) is 13.9. The van der Waals surface area contributed by atoms with Gasteiger partial charge in [-0.05, 0) is 43.2 Å². The minimum atomic E-state index is -4.13. The van der Waals surface area contributed by atoms with Crippen molar-refractivity contribution in [3.63, 3.8) is 0 Å². The molecule has 3 nitrogen and oxygen atoms in total. The van der Waals surface area contributed by atoms with Gasteiger partial charge in [0.2, 0.25) is 0 Å². The monoisotopic (exact) mass is 369 g/mol. The standard InChI is InChI=1S/C18H15ClF3NO2/c19-11-3-5-13-15(9-11)23-16-10-12(4-6-14(16)17(13)24)25-8-2-1-7-18(20,21)22/h3-6,9-10H,1-2,7-8H2,(H,23,24). The van der Waals surface area contributed by atoms with Gasteiger partial charge in [0.25, 0.3) is 0 Å². The first-order valence-corrected chi connectivity index (χ1v) is 8.16. The minimum Gasteiger partial charge on any atom is -0.494 e. The zero-order valence-electron chi connectivity index (χ0n) is 13.1. The van der Waals surface area contributed by atoms with Gasteiger partial charge in [0.1, 0.15) is 5.75 Å². The van der Waals surface area contributed by atoms with Crippen molar-refractivity contribution >= 4 is 33.4 Å². The summed E-state index contributed by atoms with van der Waals surface area (Å²) in [6, 6.07) is 9.95. The number of rotatable bonds is 5. The van der Waals surface area contributed by atoms with Crippen molar-refractivity contribution in [2.45, 2.75) is 25.4 Å². The van der Waals surface area contributed by atoms with E-state index < -0.39 is 12.6 Å². The maximum Gasteiger partial charge on any atom is 0.389 e. The largest absolute Gasteiger partial charge is 0.494 e. The SMILES string of the molecule is O=c1c2ccc(Cl)cc2[nH]c2cc(OCCCCC(F)(F)F)ccc12. The van der Waals surface area contributed by atoms with Crippen molar-refractivity contribution in [2.75, 3.05) is 6.61 Å². The average Bonchev–Trinajstić information content (AvgIpc) is 2.53. The molecule has 1 aromatic heterocycles. The first kappa shape index (κ1) is 17.6. The number of aromatic amines is 1. The molecule has 25 heavy (non-hydrogen) atoms. The molecule has 0 bridgehead atoms. The van der Waals surface area contributed by atoms with E-state index in [1.165, 1.54) is 0 Å². The molecule has 0 radical (unpaired) electrons. The predicted octanol–water partition coefficient (Wildman–Crippen LogP) is 5.45. The van der Waals surface area contributed by atoms with Crippen LogP contribution in [0.5, 0.6) is 5.75 Å². The number of nitrogens with one attached hydrogen (secondary N) is 1. The fourth-order valence-corrected chi connectivity index (χ4v) is 2.81. The highest BCUT2D eigenvalue weighted by atomic mass is 35.5. The lowest BCUT2D eigenvalue weighted by molar-refractivity contribution is -0.135. The average molecular weight is 370 g/mol. The van der Waals surface area contributed by atoms with Crippen molar-refractivity contribution < 1.29 is 17.9 Å². The molecule has 0 amide bonds. The lowest BCUT2D eigenvalue weighted by Crippen LogP contribution is -2.08. The minimum absolute atomic E-state index is 0.0249. The number of halogens is 4. The Balaban J connectivity index is 1.78. The van der Waals surface area contributed by atoms with Crippen LogP contribution in [0.25, 0.3) is 21.8 Å². The van der Waals surface area contributed by atoms with Gasteiger partial charge < -0.3 is 9.72 Å². The summed E-state index contributed by atoms with van der Waals surface area (Å²) in [7, 11) is 0. The smallest absolute Gasteiger partial charge is 0.389 e. The van der Waals surface area contributed by atoms with Gasteiger partial charge in [0.05, 0.1) is 17.6 Å². The van der Waals surface area contributed by atoms with Crippen LogP contribution in [0.3, 0.4) is 0 Å². The number of benzene rings is 2. The summed E-state index contributed by atoms with van der Waals surface area (Å²) in [5.41, 5.74) is 1.09. The molecular weight excluding hydrogens is 355 g/mol. The Labute approximate surface area is 146 Å². The number of unbranched alkanes of at least 4 members (excludes halogenated alkanes) is 1. The molecule has 0 saturated carbocycles. The fraction of sp³-hybridized carbons (Fsp3) is 0.278. The van der Waals surface area contributed by atoms with Crippen LogP contribution in [-0.4, -0.2) is 17.8 Å². The summed E-state index contributed by atoms with van der Waals surface area (Å²) in [6.07, 6.45) is -4.61. The van der Waals surface area contributed by atoms with E-state index in [1.54, 1.807) is 36.4 Å². The van der Waals surface area contributed by atoms with E-state index in [1.807, 2.05) is 0 Å². The van der Waals surface area contributed by atoms with Gasteiger partial charge in [-0.3, -0.25) is 4.79 Å². The Kier molecular flexibility index (Phi) is 4.90. The van der Waals surface area contributed by atoms with E-state index in [9.17, 15) is 18.0 Å². The molecule has 0 unspecified atom stereocenters. The van der Waals surface area contributed by atoms with Crippen LogP contribution in [0.4, 0.5) is 13.2 Å². The van der Waals surface area contributed by atoms with E-state index in [-0.39, 0.29) is 18.5 Å². The fourth-order valence-electron chi connectivity index (χ4n) is 2.64. The van der Waals surface area contributed by atoms with Crippen LogP contribution in [0.2, 0.25) is 5.02 Å². The Hall–Kier alpha value is -2.21. The molecule has 0 saturated heterocycles. The molecule has 0 aliphatic carbocycles. The van der Waals surface area contributed by atoms with E-state index >= 15 is 0 Å². The molecule has 1 N–H and O–H groups in total. The first-order chi connectivity index (χ1) is 11.8. The molecule has 132 valence electrons. The third kappa shape index (κ3) is 4.25. The van der Waals surface area contributed by atoms with Crippen molar-refractivity contribution in [2.24, 2.45) is 0 Å². The van der Waals surface area contributed by atoms with Crippen LogP contribution >= 0.6 is 11.6 Å². The van der Waals surface area contributed by atoms with Crippen molar-refractivity contribution in [3.8, 4) is 5.75 Å². The van der Waals surface area contributed by atoms with Gasteiger partial charge >= 0.3 is 6.18 Å². The maximum atomic E-state index is 12.5. The molecule has 3 aromatic rings. The molecule has 0 atom stereocenters. The van der Waals surface area contributed by atoms with E-state index in [0.717, 1.165) is 0 Å². The van der Waals surface area contributed by atoms with Crippen LogP contribution in [-0.2, 0) is 0 Å². The highest BCUT2D eigenvalue weighted by molar-refractivity contribution is 6.31. The number of ether oxygens (including phenoxy) is 1. The molecular formula is C18H15ClF3NO2. The molecule has 0 aliphatic heterocycles. The normalized spacial score (nSPS) is 12.0. The molecule has 3 rings (SSSR count). The van der Waals surface area contributed by atoms with Gasteiger partial charge in [-0.25, -0.2) is 0 Å². The van der Waals surface area contributed by atoms with Crippen LogP contribution in [0.1, 0.15) is 19.3 Å². The predicted molar refractivity (Wildman–Crippen MR) is 92.5 cm³/mol. The number of pyridine rings is 1. The Morgan fingerprint density at radius 3 is 2.40 bits per heavy atom. The molecule has 0 aliphatic rings. The third-order valence-corrected chi connectivity index (χ3v) is 4.09. The van der Waals surface area contributed by atoms with Gasteiger partial charge in [-0.2, -0.15) is 13.2 Å². The second-order valence-corrected chi connectivity index (χ2v) is 6.21. The summed E-state index contributed by atoms with van der Waals surface area (Å²) < 4.78 is 41.8. The highest BCUT2D eigenvalue weighted by Gasteiger charge is 2.25. The number of H-pyrrole nitrogens is 1.